The summed E-state index contributed by atoms with van der Waals surface area (Å²) in [5, 5.41) is 4.04. The maximum Gasteiger partial charge on any atom is 0.236 e. The monoisotopic (exact) mass is 385 g/mol. The highest BCUT2D eigenvalue weighted by molar-refractivity contribution is 6.30. The van der Waals surface area contributed by atoms with Gasteiger partial charge in [-0.1, -0.05) is 48.0 Å². The van der Waals surface area contributed by atoms with Gasteiger partial charge in [0.05, 0.1) is 6.54 Å². The molecule has 1 amide bonds. The van der Waals surface area contributed by atoms with Crippen LogP contribution in [-0.2, 0) is 11.3 Å². The summed E-state index contributed by atoms with van der Waals surface area (Å²) in [7, 11) is 0. The second kappa shape index (κ2) is 9.36. The van der Waals surface area contributed by atoms with Crippen LogP contribution in [0.2, 0.25) is 5.02 Å². The van der Waals surface area contributed by atoms with Crippen LogP contribution < -0.4 is 5.32 Å². The average molecular weight is 386 g/mol. The third-order valence-corrected chi connectivity index (χ3v) is 5.52. The number of halogens is 1. The molecule has 5 heteroatoms. The maximum atomic E-state index is 12.5. The lowest BCUT2D eigenvalue weighted by atomic mass is 10.1. The zero-order chi connectivity index (χ0) is 19.2. The van der Waals surface area contributed by atoms with Gasteiger partial charge in [-0.3, -0.25) is 9.69 Å². The van der Waals surface area contributed by atoms with E-state index < -0.39 is 0 Å². The molecule has 1 heterocycles. The first-order chi connectivity index (χ1) is 13.0. The molecule has 1 aliphatic heterocycles. The van der Waals surface area contributed by atoms with Gasteiger partial charge in [-0.05, 0) is 42.7 Å². The Labute approximate surface area is 167 Å². The van der Waals surface area contributed by atoms with Crippen LogP contribution in [0.4, 0.5) is 0 Å². The quantitative estimate of drug-likeness (QED) is 0.824. The van der Waals surface area contributed by atoms with Crippen molar-refractivity contribution in [3.63, 3.8) is 0 Å². The van der Waals surface area contributed by atoms with Gasteiger partial charge in [-0.15, -0.1) is 0 Å². The van der Waals surface area contributed by atoms with Crippen LogP contribution in [0, 0.1) is 6.92 Å². The average Bonchev–Trinajstić information content (AvgIpc) is 2.68. The standard InChI is InChI=1S/C22H28ClN3O/c1-17-6-3-4-7-20(17)16-25-10-12-26(13-11-25)22(27)15-24-18(2)19-8-5-9-21(23)14-19/h3-9,14,18,24H,10-13,15-16H2,1-2H3/t18-/m1/s1. The molecule has 1 saturated heterocycles. The fourth-order valence-electron chi connectivity index (χ4n) is 3.43. The van der Waals surface area contributed by atoms with Gasteiger partial charge in [0.25, 0.3) is 0 Å². The Balaban J connectivity index is 1.44. The highest BCUT2D eigenvalue weighted by Gasteiger charge is 2.21. The predicted molar refractivity (Wildman–Crippen MR) is 111 cm³/mol. The van der Waals surface area contributed by atoms with Gasteiger partial charge in [0, 0.05) is 43.8 Å². The molecule has 1 fully saturated rings. The lowest BCUT2D eigenvalue weighted by molar-refractivity contribution is -0.132. The van der Waals surface area contributed by atoms with Crippen molar-refractivity contribution in [1.29, 1.82) is 0 Å². The summed E-state index contributed by atoms with van der Waals surface area (Å²) in [5.74, 6) is 0.166. The van der Waals surface area contributed by atoms with Crippen molar-refractivity contribution in [3.05, 3.63) is 70.2 Å². The Hall–Kier alpha value is -1.88. The summed E-state index contributed by atoms with van der Waals surface area (Å²) >= 11 is 6.05. The lowest BCUT2D eigenvalue weighted by Crippen LogP contribution is -2.50. The van der Waals surface area contributed by atoms with Crippen molar-refractivity contribution in [2.24, 2.45) is 0 Å². The molecule has 1 N–H and O–H groups in total. The Bertz CT molecular complexity index is 772. The minimum absolute atomic E-state index is 0.0926. The van der Waals surface area contributed by atoms with E-state index in [2.05, 4.69) is 48.3 Å². The molecule has 0 aliphatic carbocycles. The molecule has 0 saturated carbocycles. The third-order valence-electron chi connectivity index (χ3n) is 5.29. The smallest absolute Gasteiger partial charge is 0.236 e. The Morgan fingerprint density at radius 3 is 2.56 bits per heavy atom. The van der Waals surface area contributed by atoms with Crippen LogP contribution in [0.5, 0.6) is 0 Å². The number of amides is 1. The molecular formula is C22H28ClN3O. The zero-order valence-electron chi connectivity index (χ0n) is 16.1. The summed E-state index contributed by atoms with van der Waals surface area (Å²) < 4.78 is 0. The number of benzene rings is 2. The van der Waals surface area contributed by atoms with Crippen LogP contribution in [0.15, 0.2) is 48.5 Å². The zero-order valence-corrected chi connectivity index (χ0v) is 16.9. The molecule has 27 heavy (non-hydrogen) atoms. The summed E-state index contributed by atoms with van der Waals surface area (Å²) in [5.41, 5.74) is 3.79. The van der Waals surface area contributed by atoms with E-state index in [1.165, 1.54) is 11.1 Å². The Kier molecular flexibility index (Phi) is 6.89. The van der Waals surface area contributed by atoms with Gasteiger partial charge in [0.15, 0.2) is 0 Å². The molecule has 2 aromatic carbocycles. The normalized spacial score (nSPS) is 16.3. The maximum absolute atomic E-state index is 12.5. The van der Waals surface area contributed by atoms with E-state index in [9.17, 15) is 4.79 Å². The molecule has 0 radical (unpaired) electrons. The van der Waals surface area contributed by atoms with Crippen molar-refractivity contribution < 1.29 is 4.79 Å². The van der Waals surface area contributed by atoms with Crippen LogP contribution >= 0.6 is 11.6 Å². The van der Waals surface area contributed by atoms with Crippen LogP contribution in [0.25, 0.3) is 0 Å². The first-order valence-electron chi connectivity index (χ1n) is 9.56. The van der Waals surface area contributed by atoms with Crippen LogP contribution in [0.1, 0.15) is 29.7 Å². The van der Waals surface area contributed by atoms with Crippen molar-refractivity contribution in [3.8, 4) is 0 Å². The molecule has 0 aromatic heterocycles. The topological polar surface area (TPSA) is 35.6 Å². The first kappa shape index (κ1) is 19.9. The van der Waals surface area contributed by atoms with E-state index in [0.717, 1.165) is 43.3 Å². The minimum atomic E-state index is 0.0926. The Morgan fingerprint density at radius 2 is 1.85 bits per heavy atom. The molecular weight excluding hydrogens is 358 g/mol. The number of piperazine rings is 1. The highest BCUT2D eigenvalue weighted by atomic mass is 35.5. The number of carbonyl (C=O) groups excluding carboxylic acids is 1. The first-order valence-corrected chi connectivity index (χ1v) is 9.94. The van der Waals surface area contributed by atoms with E-state index in [0.29, 0.717) is 6.54 Å². The lowest BCUT2D eigenvalue weighted by Gasteiger charge is -2.35. The van der Waals surface area contributed by atoms with Crippen molar-refractivity contribution in [2.75, 3.05) is 32.7 Å². The van der Waals surface area contributed by atoms with Crippen molar-refractivity contribution in [2.45, 2.75) is 26.4 Å². The van der Waals surface area contributed by atoms with E-state index in [4.69, 9.17) is 11.6 Å². The number of rotatable bonds is 6. The van der Waals surface area contributed by atoms with E-state index in [1.54, 1.807) is 0 Å². The second-order valence-corrected chi connectivity index (χ2v) is 7.68. The molecule has 0 bridgehead atoms. The van der Waals surface area contributed by atoms with Gasteiger partial charge in [0.1, 0.15) is 0 Å². The third kappa shape index (κ3) is 5.55. The molecule has 0 spiro atoms. The van der Waals surface area contributed by atoms with Crippen molar-refractivity contribution >= 4 is 17.5 Å². The SMILES string of the molecule is Cc1ccccc1CN1CCN(C(=O)CN[C@H](C)c2cccc(Cl)c2)CC1. The van der Waals surface area contributed by atoms with Crippen LogP contribution in [-0.4, -0.2) is 48.4 Å². The number of nitrogens with zero attached hydrogens (tertiary/aromatic N) is 2. The highest BCUT2D eigenvalue weighted by Crippen LogP contribution is 2.17. The molecule has 1 atom stereocenters. The van der Waals surface area contributed by atoms with Crippen LogP contribution in [0.3, 0.4) is 0 Å². The summed E-state index contributed by atoms with van der Waals surface area (Å²) in [6.07, 6.45) is 0. The van der Waals surface area contributed by atoms with Gasteiger partial charge in [0.2, 0.25) is 5.91 Å². The van der Waals surface area contributed by atoms with Gasteiger partial charge in [-0.2, -0.15) is 0 Å². The molecule has 1 aliphatic rings. The fraction of sp³-hybridized carbons (Fsp3) is 0.409. The van der Waals surface area contributed by atoms with Gasteiger partial charge >= 0.3 is 0 Å². The summed E-state index contributed by atoms with van der Waals surface area (Å²) in [6.45, 7) is 8.94. The number of aryl methyl sites for hydroxylation is 1. The number of hydrogen-bond donors (Lipinski definition) is 1. The fourth-order valence-corrected chi connectivity index (χ4v) is 3.63. The number of carbonyl (C=O) groups is 1. The molecule has 2 aromatic rings. The Morgan fingerprint density at radius 1 is 1.11 bits per heavy atom. The molecule has 0 unspecified atom stereocenters. The largest absolute Gasteiger partial charge is 0.339 e. The minimum Gasteiger partial charge on any atom is -0.339 e. The van der Waals surface area contributed by atoms with E-state index in [-0.39, 0.29) is 11.9 Å². The van der Waals surface area contributed by atoms with E-state index >= 15 is 0 Å². The number of hydrogen-bond acceptors (Lipinski definition) is 3. The van der Waals surface area contributed by atoms with E-state index in [1.807, 2.05) is 29.2 Å². The van der Waals surface area contributed by atoms with Crippen molar-refractivity contribution in [1.82, 2.24) is 15.1 Å². The number of nitrogens with one attached hydrogen (secondary N) is 1. The molecule has 144 valence electrons. The predicted octanol–water partition coefficient (Wildman–Crippen LogP) is 3.64. The summed E-state index contributed by atoms with van der Waals surface area (Å²) in [6, 6.07) is 16.4. The molecule has 4 nitrogen and oxygen atoms in total. The second-order valence-electron chi connectivity index (χ2n) is 7.24. The summed E-state index contributed by atoms with van der Waals surface area (Å²) in [4.78, 5) is 16.9. The van der Waals surface area contributed by atoms with Gasteiger partial charge < -0.3 is 10.2 Å². The molecule has 3 rings (SSSR count). The van der Waals surface area contributed by atoms with Gasteiger partial charge in [-0.25, -0.2) is 0 Å².